The highest BCUT2D eigenvalue weighted by atomic mass is 16.6. The van der Waals surface area contributed by atoms with Crippen molar-refractivity contribution in [1.29, 1.82) is 0 Å². The number of hydrogen-bond acceptors (Lipinski definition) is 7. The van der Waals surface area contributed by atoms with Gasteiger partial charge >= 0.3 is 5.97 Å². The van der Waals surface area contributed by atoms with Crippen molar-refractivity contribution in [2.45, 2.75) is 13.2 Å². The number of ether oxygens (including phenoxy) is 1. The standard InChI is InChI=1S/C20H15N3O5/c24-18-8-4-5-11-23(18)12-15-9-10-16(27-15)20(25)26-13-17-21-22-19(28-17)14-6-2-1-3-7-14/h1-11H,12-13H2. The normalized spacial score (nSPS) is 10.7. The van der Waals surface area contributed by atoms with E-state index >= 15 is 0 Å². The summed E-state index contributed by atoms with van der Waals surface area (Å²) >= 11 is 0. The molecule has 0 unspecified atom stereocenters. The van der Waals surface area contributed by atoms with Gasteiger partial charge in [-0.25, -0.2) is 4.79 Å². The molecule has 0 radical (unpaired) electrons. The number of pyridine rings is 1. The second kappa shape index (κ2) is 7.75. The molecule has 0 aliphatic rings. The number of hydrogen-bond donors (Lipinski definition) is 0. The Hall–Kier alpha value is -3.94. The number of carbonyl (C=O) groups excluding carboxylic acids is 1. The summed E-state index contributed by atoms with van der Waals surface area (Å²) in [6.07, 6.45) is 1.64. The molecule has 0 N–H and O–H groups in total. The van der Waals surface area contributed by atoms with Crippen LogP contribution in [0.5, 0.6) is 0 Å². The molecule has 8 heteroatoms. The van der Waals surface area contributed by atoms with Gasteiger partial charge in [-0.2, -0.15) is 0 Å². The SMILES string of the molecule is O=C(OCc1nnc(-c2ccccc2)o1)c1ccc(Cn2ccccc2=O)o1. The van der Waals surface area contributed by atoms with Crippen molar-refractivity contribution in [3.8, 4) is 11.5 Å². The first kappa shape index (κ1) is 17.5. The number of furan rings is 1. The lowest BCUT2D eigenvalue weighted by Crippen LogP contribution is -2.17. The molecule has 0 aliphatic carbocycles. The second-order valence-corrected chi connectivity index (χ2v) is 5.88. The van der Waals surface area contributed by atoms with Crippen LogP contribution in [0.2, 0.25) is 0 Å². The molecule has 0 aliphatic heterocycles. The van der Waals surface area contributed by atoms with Crippen molar-refractivity contribution in [2.24, 2.45) is 0 Å². The zero-order chi connectivity index (χ0) is 19.3. The van der Waals surface area contributed by atoms with Gasteiger partial charge < -0.3 is 18.1 Å². The van der Waals surface area contributed by atoms with Gasteiger partial charge in [0.15, 0.2) is 6.61 Å². The smallest absolute Gasteiger partial charge is 0.374 e. The summed E-state index contributed by atoms with van der Waals surface area (Å²) in [5, 5.41) is 7.80. The van der Waals surface area contributed by atoms with Gasteiger partial charge in [-0.1, -0.05) is 24.3 Å². The average Bonchev–Trinajstić information content (AvgIpc) is 3.38. The maximum absolute atomic E-state index is 12.2. The molecule has 0 atom stereocenters. The van der Waals surface area contributed by atoms with E-state index in [1.165, 1.54) is 16.7 Å². The second-order valence-electron chi connectivity index (χ2n) is 5.88. The van der Waals surface area contributed by atoms with Crippen molar-refractivity contribution < 1.29 is 18.4 Å². The van der Waals surface area contributed by atoms with Crippen LogP contribution in [0.3, 0.4) is 0 Å². The Morgan fingerprint density at radius 1 is 0.964 bits per heavy atom. The highest BCUT2D eigenvalue weighted by molar-refractivity contribution is 5.86. The number of aromatic nitrogens is 3. The molecule has 3 heterocycles. The molecule has 0 amide bonds. The Labute approximate surface area is 159 Å². The Morgan fingerprint density at radius 3 is 2.61 bits per heavy atom. The van der Waals surface area contributed by atoms with Crippen LogP contribution in [-0.2, 0) is 17.9 Å². The fourth-order valence-electron chi connectivity index (χ4n) is 2.54. The number of rotatable bonds is 6. The van der Waals surface area contributed by atoms with E-state index in [4.69, 9.17) is 13.6 Å². The van der Waals surface area contributed by atoms with Gasteiger partial charge in [0.2, 0.25) is 11.7 Å². The van der Waals surface area contributed by atoms with Crippen molar-refractivity contribution in [3.63, 3.8) is 0 Å². The van der Waals surface area contributed by atoms with Crippen LogP contribution in [0, 0.1) is 0 Å². The Balaban J connectivity index is 1.37. The van der Waals surface area contributed by atoms with Crippen molar-refractivity contribution in [3.05, 3.63) is 94.6 Å². The number of carbonyl (C=O) groups is 1. The molecular weight excluding hydrogens is 362 g/mol. The maximum Gasteiger partial charge on any atom is 0.374 e. The van der Waals surface area contributed by atoms with E-state index in [-0.39, 0.29) is 30.4 Å². The number of nitrogens with zero attached hydrogens (tertiary/aromatic N) is 3. The van der Waals surface area contributed by atoms with E-state index in [1.54, 1.807) is 24.4 Å². The zero-order valence-corrected chi connectivity index (χ0v) is 14.6. The van der Waals surface area contributed by atoms with Crippen molar-refractivity contribution in [2.75, 3.05) is 0 Å². The first-order valence-electron chi connectivity index (χ1n) is 8.48. The van der Waals surface area contributed by atoms with E-state index in [0.29, 0.717) is 11.7 Å². The molecule has 4 aromatic rings. The predicted octanol–water partition coefficient (Wildman–Crippen LogP) is 2.90. The quantitative estimate of drug-likeness (QED) is 0.476. The fourth-order valence-corrected chi connectivity index (χ4v) is 2.54. The summed E-state index contributed by atoms with van der Waals surface area (Å²) in [6, 6.07) is 17.2. The third-order valence-electron chi connectivity index (χ3n) is 3.90. The van der Waals surface area contributed by atoms with E-state index in [9.17, 15) is 9.59 Å². The minimum absolute atomic E-state index is 0.0294. The van der Waals surface area contributed by atoms with Crippen molar-refractivity contribution in [1.82, 2.24) is 14.8 Å². The van der Waals surface area contributed by atoms with E-state index in [2.05, 4.69) is 10.2 Å². The van der Waals surface area contributed by atoms with Crippen LogP contribution in [0.25, 0.3) is 11.5 Å². The largest absolute Gasteiger partial charge is 0.452 e. The van der Waals surface area contributed by atoms with E-state index in [1.807, 2.05) is 30.3 Å². The molecule has 140 valence electrons. The lowest BCUT2D eigenvalue weighted by Gasteiger charge is -2.02. The molecule has 0 saturated heterocycles. The molecule has 1 aromatic carbocycles. The Bertz CT molecular complexity index is 1140. The summed E-state index contributed by atoms with van der Waals surface area (Å²) < 4.78 is 17.6. The lowest BCUT2D eigenvalue weighted by atomic mass is 10.2. The number of benzene rings is 1. The topological polar surface area (TPSA) is 100 Å². The molecule has 3 aromatic heterocycles. The van der Waals surface area contributed by atoms with Crippen LogP contribution >= 0.6 is 0 Å². The van der Waals surface area contributed by atoms with Crippen molar-refractivity contribution >= 4 is 5.97 Å². The van der Waals surface area contributed by atoms with Crippen LogP contribution in [0.15, 0.2) is 80.5 Å². The third kappa shape index (κ3) is 3.90. The highest BCUT2D eigenvalue weighted by Gasteiger charge is 2.16. The van der Waals surface area contributed by atoms with Gasteiger partial charge in [0.25, 0.3) is 11.4 Å². The minimum Gasteiger partial charge on any atom is -0.452 e. The summed E-state index contributed by atoms with van der Waals surface area (Å²) in [5.41, 5.74) is 0.619. The predicted molar refractivity (Wildman–Crippen MR) is 97.4 cm³/mol. The van der Waals surface area contributed by atoms with Gasteiger partial charge in [0, 0.05) is 17.8 Å². The van der Waals surface area contributed by atoms with Gasteiger partial charge in [-0.3, -0.25) is 4.79 Å². The molecule has 0 spiro atoms. The fraction of sp³-hybridized carbons (Fsp3) is 0.100. The van der Waals surface area contributed by atoms with Gasteiger partial charge in [0.1, 0.15) is 5.76 Å². The maximum atomic E-state index is 12.2. The highest BCUT2D eigenvalue weighted by Crippen LogP contribution is 2.18. The lowest BCUT2D eigenvalue weighted by molar-refractivity contribution is 0.0400. The third-order valence-corrected chi connectivity index (χ3v) is 3.90. The van der Waals surface area contributed by atoms with Gasteiger partial charge in [-0.05, 0) is 30.3 Å². The first-order valence-corrected chi connectivity index (χ1v) is 8.48. The molecule has 0 saturated carbocycles. The van der Waals surface area contributed by atoms with Crippen LogP contribution in [0.1, 0.15) is 22.2 Å². The number of esters is 1. The summed E-state index contributed by atoms with van der Waals surface area (Å²) in [4.78, 5) is 23.9. The summed E-state index contributed by atoms with van der Waals surface area (Å²) in [6.45, 7) is 0.0455. The average molecular weight is 377 g/mol. The summed E-state index contributed by atoms with van der Waals surface area (Å²) in [7, 11) is 0. The Kier molecular flexibility index (Phi) is 4.83. The van der Waals surface area contributed by atoms with Crippen LogP contribution < -0.4 is 5.56 Å². The van der Waals surface area contributed by atoms with Gasteiger partial charge in [-0.15, -0.1) is 10.2 Å². The molecule has 0 fully saturated rings. The molecule has 8 nitrogen and oxygen atoms in total. The van der Waals surface area contributed by atoms with Gasteiger partial charge in [0.05, 0.1) is 6.54 Å². The van der Waals surface area contributed by atoms with Crippen LogP contribution in [-0.4, -0.2) is 20.7 Å². The van der Waals surface area contributed by atoms with E-state index in [0.717, 1.165) is 5.56 Å². The molecule has 4 rings (SSSR count). The van der Waals surface area contributed by atoms with E-state index < -0.39 is 5.97 Å². The molecular formula is C20H15N3O5. The molecule has 0 bridgehead atoms. The van der Waals surface area contributed by atoms with Crippen LogP contribution in [0.4, 0.5) is 0 Å². The summed E-state index contributed by atoms with van der Waals surface area (Å²) in [5.74, 6) is 0.354. The minimum atomic E-state index is -0.661. The molecule has 28 heavy (non-hydrogen) atoms. The zero-order valence-electron chi connectivity index (χ0n) is 14.6. The monoisotopic (exact) mass is 377 g/mol. The first-order chi connectivity index (χ1) is 13.7. The Morgan fingerprint density at radius 2 is 1.79 bits per heavy atom.